The minimum Gasteiger partial charge on any atom is -0.454 e. The van der Waals surface area contributed by atoms with Gasteiger partial charge in [-0.15, -0.1) is 0 Å². The van der Waals surface area contributed by atoms with Gasteiger partial charge in [0.25, 0.3) is 5.91 Å². The number of anilines is 1. The molecule has 9 nitrogen and oxygen atoms in total. The lowest BCUT2D eigenvalue weighted by Gasteiger charge is -2.36. The average Bonchev–Trinajstić information content (AvgIpc) is 3.36. The van der Waals surface area contributed by atoms with E-state index in [1.807, 2.05) is 34.6 Å². The summed E-state index contributed by atoms with van der Waals surface area (Å²) in [6.45, 7) is 5.61. The summed E-state index contributed by atoms with van der Waals surface area (Å²) in [6.07, 6.45) is 1.75. The van der Waals surface area contributed by atoms with Crippen LogP contribution in [-0.4, -0.2) is 60.8 Å². The Labute approximate surface area is 202 Å². The van der Waals surface area contributed by atoms with Crippen LogP contribution in [0.2, 0.25) is 0 Å². The molecule has 9 heteroatoms. The number of nitrogens with zero attached hydrogens (tertiary/aromatic N) is 3. The number of rotatable bonds is 6. The molecule has 35 heavy (non-hydrogen) atoms. The summed E-state index contributed by atoms with van der Waals surface area (Å²) < 4.78 is 12.7. The zero-order chi connectivity index (χ0) is 24.4. The van der Waals surface area contributed by atoms with Crippen LogP contribution in [0.4, 0.5) is 5.69 Å². The van der Waals surface area contributed by atoms with Crippen LogP contribution >= 0.6 is 0 Å². The van der Waals surface area contributed by atoms with Gasteiger partial charge >= 0.3 is 0 Å². The number of carbonyl (C=O) groups is 2. The highest BCUT2D eigenvalue weighted by Gasteiger charge is 2.23. The van der Waals surface area contributed by atoms with Crippen LogP contribution in [0, 0.1) is 0 Å². The largest absolute Gasteiger partial charge is 0.454 e. The number of fused-ring (bicyclic) bond motifs is 2. The molecular formula is C26H28N4O5. The van der Waals surface area contributed by atoms with Crippen LogP contribution in [0.1, 0.15) is 23.7 Å². The van der Waals surface area contributed by atoms with Gasteiger partial charge in [-0.3, -0.25) is 14.4 Å². The van der Waals surface area contributed by atoms with E-state index >= 15 is 0 Å². The lowest BCUT2D eigenvalue weighted by molar-refractivity contribution is -0.131. The molecule has 0 saturated carbocycles. The van der Waals surface area contributed by atoms with Gasteiger partial charge in [0, 0.05) is 63.6 Å². The summed E-state index contributed by atoms with van der Waals surface area (Å²) in [4.78, 5) is 42.7. The van der Waals surface area contributed by atoms with E-state index in [0.717, 1.165) is 18.8 Å². The van der Waals surface area contributed by atoms with Crippen LogP contribution in [0.25, 0.3) is 10.9 Å². The number of aromatic nitrogens is 1. The molecule has 5 rings (SSSR count). The summed E-state index contributed by atoms with van der Waals surface area (Å²) in [5.74, 6) is 0.584. The van der Waals surface area contributed by atoms with E-state index in [2.05, 4.69) is 22.3 Å². The molecular weight excluding hydrogens is 448 g/mol. The number of hydrogen-bond acceptors (Lipinski definition) is 6. The fraction of sp³-hybridized carbons (Fsp3) is 0.346. The van der Waals surface area contributed by atoms with Crippen LogP contribution in [0.3, 0.4) is 0 Å². The number of nitrogens with one attached hydrogen (secondary N) is 1. The molecule has 0 spiro atoms. The van der Waals surface area contributed by atoms with E-state index in [9.17, 15) is 14.4 Å². The Morgan fingerprint density at radius 2 is 1.71 bits per heavy atom. The normalized spacial score (nSPS) is 14.9. The van der Waals surface area contributed by atoms with Gasteiger partial charge in [-0.2, -0.15) is 0 Å². The van der Waals surface area contributed by atoms with Crippen LogP contribution in [0.5, 0.6) is 11.5 Å². The number of benzene rings is 2. The van der Waals surface area contributed by atoms with Crippen LogP contribution in [0.15, 0.2) is 53.5 Å². The molecule has 182 valence electrons. The smallest absolute Gasteiger partial charge is 0.256 e. The fourth-order valence-corrected chi connectivity index (χ4v) is 4.59. The zero-order valence-corrected chi connectivity index (χ0v) is 19.7. The van der Waals surface area contributed by atoms with Crippen molar-refractivity contribution in [2.75, 3.05) is 44.4 Å². The van der Waals surface area contributed by atoms with Gasteiger partial charge in [0.05, 0.1) is 10.9 Å². The molecule has 1 fully saturated rings. The number of ether oxygens (including phenoxy) is 2. The quantitative estimate of drug-likeness (QED) is 0.587. The number of aryl methyl sites for hydroxylation is 1. The summed E-state index contributed by atoms with van der Waals surface area (Å²) in [5.41, 5.74) is 1.51. The first-order chi connectivity index (χ1) is 17.0. The molecule has 0 atom stereocenters. The molecule has 0 aliphatic carbocycles. The summed E-state index contributed by atoms with van der Waals surface area (Å²) in [6, 6.07) is 13.5. The summed E-state index contributed by atoms with van der Waals surface area (Å²) in [5, 5.41) is 3.15. The lowest BCUT2D eigenvalue weighted by Crippen LogP contribution is -2.49. The Morgan fingerprint density at radius 3 is 2.43 bits per heavy atom. The van der Waals surface area contributed by atoms with Crippen LogP contribution < -0.4 is 25.1 Å². The number of amides is 2. The second-order valence-corrected chi connectivity index (χ2v) is 8.59. The van der Waals surface area contributed by atoms with Crippen molar-refractivity contribution >= 4 is 28.4 Å². The van der Waals surface area contributed by atoms with Crippen molar-refractivity contribution in [1.29, 1.82) is 0 Å². The molecule has 0 unspecified atom stereocenters. The highest BCUT2D eigenvalue weighted by molar-refractivity contribution is 5.98. The first kappa shape index (κ1) is 22.8. The van der Waals surface area contributed by atoms with Gasteiger partial charge in [0.2, 0.25) is 18.1 Å². The minimum atomic E-state index is -0.488. The minimum absolute atomic E-state index is 0.00444. The third kappa shape index (κ3) is 4.53. The topological polar surface area (TPSA) is 93.1 Å². The van der Waals surface area contributed by atoms with Crippen molar-refractivity contribution < 1.29 is 19.1 Å². The first-order valence-electron chi connectivity index (χ1n) is 11.9. The van der Waals surface area contributed by atoms with Crippen molar-refractivity contribution in [2.24, 2.45) is 0 Å². The molecule has 1 aromatic heterocycles. The summed E-state index contributed by atoms with van der Waals surface area (Å²) in [7, 11) is 0. The molecule has 1 N–H and O–H groups in total. The monoisotopic (exact) mass is 476 g/mol. The zero-order valence-electron chi connectivity index (χ0n) is 19.7. The van der Waals surface area contributed by atoms with Gasteiger partial charge in [0.1, 0.15) is 5.56 Å². The molecule has 0 bridgehead atoms. The van der Waals surface area contributed by atoms with Gasteiger partial charge < -0.3 is 29.2 Å². The molecule has 2 aliphatic heterocycles. The van der Waals surface area contributed by atoms with Crippen molar-refractivity contribution in [3.8, 4) is 11.5 Å². The van der Waals surface area contributed by atoms with Gasteiger partial charge in [-0.1, -0.05) is 18.2 Å². The number of piperazine rings is 1. The maximum atomic E-state index is 13.1. The maximum absolute atomic E-state index is 13.1. The number of pyridine rings is 1. The SMILES string of the molecule is CCn1cc(C(=O)NCCC(=O)N2CCN(c3ccccc3)CC2)c(=O)c2cc3c(cc21)OCO3. The van der Waals surface area contributed by atoms with E-state index in [4.69, 9.17) is 9.47 Å². The Bertz CT molecular complexity index is 1310. The number of hydrogen-bond donors (Lipinski definition) is 1. The molecule has 2 aromatic carbocycles. The molecule has 3 aromatic rings. The molecule has 2 aliphatic rings. The Morgan fingerprint density at radius 1 is 1.00 bits per heavy atom. The third-order valence-corrected chi connectivity index (χ3v) is 6.54. The average molecular weight is 477 g/mol. The van der Waals surface area contributed by atoms with E-state index in [1.54, 1.807) is 18.3 Å². The van der Waals surface area contributed by atoms with Crippen molar-refractivity contribution in [1.82, 2.24) is 14.8 Å². The van der Waals surface area contributed by atoms with Crippen LogP contribution in [-0.2, 0) is 11.3 Å². The van der Waals surface area contributed by atoms with Gasteiger partial charge in [-0.05, 0) is 25.1 Å². The standard InChI is InChI=1S/C26H28N4O5/c1-2-28-16-20(25(32)19-14-22-23(15-21(19)28)35-17-34-22)26(33)27-9-8-24(31)30-12-10-29(11-13-30)18-6-4-3-5-7-18/h3-7,14-16H,2,8-13,17H2,1H3,(H,27,33). The van der Waals surface area contributed by atoms with Gasteiger partial charge in [0.15, 0.2) is 11.5 Å². The predicted octanol–water partition coefficient (Wildman–Crippen LogP) is 2.22. The molecule has 0 radical (unpaired) electrons. The summed E-state index contributed by atoms with van der Waals surface area (Å²) >= 11 is 0. The Balaban J connectivity index is 1.20. The maximum Gasteiger partial charge on any atom is 0.256 e. The molecule has 1 saturated heterocycles. The predicted molar refractivity (Wildman–Crippen MR) is 132 cm³/mol. The van der Waals surface area contributed by atoms with E-state index in [-0.39, 0.29) is 36.7 Å². The fourth-order valence-electron chi connectivity index (χ4n) is 4.59. The first-order valence-corrected chi connectivity index (χ1v) is 11.9. The molecule has 2 amide bonds. The Kier molecular flexibility index (Phi) is 6.31. The highest BCUT2D eigenvalue weighted by atomic mass is 16.7. The molecule has 3 heterocycles. The van der Waals surface area contributed by atoms with Crippen molar-refractivity contribution in [3.63, 3.8) is 0 Å². The lowest BCUT2D eigenvalue weighted by atomic mass is 10.1. The third-order valence-electron chi connectivity index (χ3n) is 6.54. The Hall–Kier alpha value is -4.01. The van der Waals surface area contributed by atoms with E-state index in [0.29, 0.717) is 42.0 Å². The second kappa shape index (κ2) is 9.69. The number of carbonyl (C=O) groups excluding carboxylic acids is 2. The second-order valence-electron chi connectivity index (χ2n) is 8.59. The van der Waals surface area contributed by atoms with Crippen molar-refractivity contribution in [3.05, 3.63) is 64.4 Å². The van der Waals surface area contributed by atoms with Gasteiger partial charge in [-0.25, -0.2) is 0 Å². The highest BCUT2D eigenvalue weighted by Crippen LogP contribution is 2.35. The number of para-hydroxylation sites is 1. The van der Waals surface area contributed by atoms with E-state index < -0.39 is 5.91 Å². The van der Waals surface area contributed by atoms with E-state index in [1.165, 1.54) is 0 Å². The van der Waals surface area contributed by atoms with Crippen molar-refractivity contribution in [2.45, 2.75) is 19.9 Å².